The van der Waals surface area contributed by atoms with Gasteiger partial charge in [0, 0.05) is 0 Å². The van der Waals surface area contributed by atoms with Gasteiger partial charge in [0.1, 0.15) is 0 Å². The maximum Gasteiger partial charge on any atom is -0.00134 e. The van der Waals surface area contributed by atoms with E-state index in [9.17, 15) is 0 Å². The molecular formula is C48H26. The Labute approximate surface area is 277 Å². The first-order chi connectivity index (χ1) is 23.8. The third kappa shape index (κ3) is 3.01. The van der Waals surface area contributed by atoms with E-state index in [0.29, 0.717) is 0 Å². The first-order valence-electron chi connectivity index (χ1n) is 16.9. The van der Waals surface area contributed by atoms with Crippen LogP contribution in [-0.4, -0.2) is 0 Å². The molecule has 0 N–H and O–H groups in total. The molecule has 0 aromatic heterocycles. The largest absolute Gasteiger partial charge is 0.0622 e. The zero-order chi connectivity index (χ0) is 31.1. The molecule has 0 unspecified atom stereocenters. The van der Waals surface area contributed by atoms with E-state index in [1.165, 1.54) is 120 Å². The van der Waals surface area contributed by atoms with Gasteiger partial charge in [-0.25, -0.2) is 0 Å². The van der Waals surface area contributed by atoms with Crippen molar-refractivity contribution >= 4 is 64.6 Å². The fraction of sp³-hybridized carbons (Fsp3) is 0. The summed E-state index contributed by atoms with van der Waals surface area (Å²) in [4.78, 5) is 0. The monoisotopic (exact) mass is 602 g/mol. The Morgan fingerprint density at radius 1 is 0.229 bits per heavy atom. The number of hydrogen-bond donors (Lipinski definition) is 0. The standard InChI is InChI=1S/C48H26/c1-2-9-28(10-3-1)46-38-22-21-32-33(20-19-30-23-40-35-15-6-12-27-13-7-16-36(45(27)35)42(40)25-39(30)32)41(38)26-43-37-18-8-17-34-31-14-5-4-11-29(31)24-44(47(34)37)48(43)46/h1-26H. The van der Waals surface area contributed by atoms with Gasteiger partial charge in [0.25, 0.3) is 0 Å². The van der Waals surface area contributed by atoms with Crippen LogP contribution in [-0.2, 0) is 0 Å². The van der Waals surface area contributed by atoms with Crippen LogP contribution >= 0.6 is 0 Å². The molecule has 0 radical (unpaired) electrons. The van der Waals surface area contributed by atoms with Crippen molar-refractivity contribution in [3.8, 4) is 55.6 Å². The molecule has 0 atom stereocenters. The van der Waals surface area contributed by atoms with Crippen molar-refractivity contribution < 1.29 is 0 Å². The first kappa shape index (κ1) is 24.9. The highest BCUT2D eigenvalue weighted by Crippen LogP contribution is 2.56. The van der Waals surface area contributed by atoms with Crippen LogP contribution in [0.2, 0.25) is 0 Å². The molecule has 48 heavy (non-hydrogen) atoms. The average molecular weight is 603 g/mol. The summed E-state index contributed by atoms with van der Waals surface area (Å²) in [7, 11) is 0. The number of benzene rings is 10. The molecule has 0 saturated heterocycles. The minimum atomic E-state index is 1.26. The second-order valence-electron chi connectivity index (χ2n) is 13.6. The van der Waals surface area contributed by atoms with E-state index in [1.54, 1.807) is 0 Å². The summed E-state index contributed by atoms with van der Waals surface area (Å²) in [6, 6.07) is 59.5. The summed E-state index contributed by atoms with van der Waals surface area (Å²) in [6.45, 7) is 0. The molecule has 0 heterocycles. The summed E-state index contributed by atoms with van der Waals surface area (Å²) in [5.41, 5.74) is 13.3. The minimum absolute atomic E-state index is 1.26. The van der Waals surface area contributed by atoms with Crippen molar-refractivity contribution in [3.05, 3.63) is 158 Å². The van der Waals surface area contributed by atoms with E-state index in [-0.39, 0.29) is 0 Å². The van der Waals surface area contributed by atoms with Gasteiger partial charge >= 0.3 is 0 Å². The molecule has 218 valence electrons. The quantitative estimate of drug-likeness (QED) is 0.164. The van der Waals surface area contributed by atoms with Gasteiger partial charge in [-0.05, 0) is 145 Å². The Bertz CT molecular complexity index is 3080. The maximum atomic E-state index is 2.49. The van der Waals surface area contributed by atoms with Crippen LogP contribution in [0.5, 0.6) is 0 Å². The second kappa shape index (κ2) is 8.76. The van der Waals surface area contributed by atoms with E-state index in [4.69, 9.17) is 0 Å². The Kier molecular flexibility index (Phi) is 4.55. The van der Waals surface area contributed by atoms with Gasteiger partial charge in [-0.3, -0.25) is 0 Å². The maximum absolute atomic E-state index is 2.49. The number of rotatable bonds is 1. The Morgan fingerprint density at radius 2 is 0.812 bits per heavy atom. The lowest BCUT2D eigenvalue weighted by Gasteiger charge is -2.18. The van der Waals surface area contributed by atoms with Crippen molar-refractivity contribution in [1.82, 2.24) is 0 Å². The smallest absolute Gasteiger partial charge is 0.00134 e. The van der Waals surface area contributed by atoms with Crippen LogP contribution in [0.3, 0.4) is 0 Å². The first-order valence-corrected chi connectivity index (χ1v) is 16.9. The fourth-order valence-electron chi connectivity index (χ4n) is 9.29. The van der Waals surface area contributed by atoms with Gasteiger partial charge in [-0.2, -0.15) is 0 Å². The highest BCUT2D eigenvalue weighted by atomic mass is 14.3. The minimum Gasteiger partial charge on any atom is -0.0622 e. The third-order valence-electron chi connectivity index (χ3n) is 11.3. The van der Waals surface area contributed by atoms with Gasteiger partial charge in [0.05, 0.1) is 0 Å². The molecule has 0 nitrogen and oxygen atoms in total. The summed E-state index contributed by atoms with van der Waals surface area (Å²) in [5.74, 6) is 0. The molecule has 0 bridgehead atoms. The van der Waals surface area contributed by atoms with E-state index < -0.39 is 0 Å². The van der Waals surface area contributed by atoms with Crippen molar-refractivity contribution in [3.63, 3.8) is 0 Å². The predicted octanol–water partition coefficient (Wildman–Crippen LogP) is 13.6. The third-order valence-corrected chi connectivity index (χ3v) is 11.3. The Balaban J connectivity index is 1.21. The molecule has 0 aliphatic heterocycles. The van der Waals surface area contributed by atoms with E-state index in [2.05, 4.69) is 158 Å². The van der Waals surface area contributed by atoms with E-state index in [1.807, 2.05) is 0 Å². The van der Waals surface area contributed by atoms with Gasteiger partial charge in [-0.1, -0.05) is 133 Å². The molecule has 0 heteroatoms. The molecule has 0 amide bonds. The van der Waals surface area contributed by atoms with Crippen LogP contribution in [0.25, 0.3) is 120 Å². The number of fused-ring (bicyclic) bond motifs is 13. The van der Waals surface area contributed by atoms with Crippen molar-refractivity contribution in [2.24, 2.45) is 0 Å². The second-order valence-corrected chi connectivity index (χ2v) is 13.6. The molecule has 2 aliphatic carbocycles. The normalized spacial score (nSPS) is 12.6. The summed E-state index contributed by atoms with van der Waals surface area (Å²) in [6.07, 6.45) is 0. The lowest BCUT2D eigenvalue weighted by molar-refractivity contribution is 1.66. The van der Waals surface area contributed by atoms with Crippen LogP contribution in [0.15, 0.2) is 158 Å². The Hall–Kier alpha value is -6.24. The van der Waals surface area contributed by atoms with Gasteiger partial charge in [0.2, 0.25) is 0 Å². The SMILES string of the molecule is c1ccc(-c2c3c(cc4c2ccc2c5cc6c(cc5ccc42)-c2cccc4cccc-6c24)-c2cccc4c2c-3cc2ccccc24)cc1. The van der Waals surface area contributed by atoms with Gasteiger partial charge in [0.15, 0.2) is 0 Å². The van der Waals surface area contributed by atoms with Crippen LogP contribution in [0.1, 0.15) is 0 Å². The zero-order valence-corrected chi connectivity index (χ0v) is 26.0. The molecule has 12 rings (SSSR count). The summed E-state index contributed by atoms with van der Waals surface area (Å²) >= 11 is 0. The van der Waals surface area contributed by atoms with Crippen molar-refractivity contribution in [2.75, 3.05) is 0 Å². The summed E-state index contributed by atoms with van der Waals surface area (Å²) in [5, 5.41) is 15.8. The topological polar surface area (TPSA) is 0 Å². The molecular weight excluding hydrogens is 577 g/mol. The highest BCUT2D eigenvalue weighted by molar-refractivity contribution is 6.30. The predicted molar refractivity (Wildman–Crippen MR) is 206 cm³/mol. The number of hydrogen-bond acceptors (Lipinski definition) is 0. The fourth-order valence-corrected chi connectivity index (χ4v) is 9.29. The molecule has 0 fully saturated rings. The highest BCUT2D eigenvalue weighted by Gasteiger charge is 2.28. The van der Waals surface area contributed by atoms with Crippen LogP contribution in [0.4, 0.5) is 0 Å². The van der Waals surface area contributed by atoms with Crippen LogP contribution in [0, 0.1) is 0 Å². The molecule has 0 spiro atoms. The zero-order valence-electron chi connectivity index (χ0n) is 26.0. The van der Waals surface area contributed by atoms with E-state index >= 15 is 0 Å². The molecule has 10 aromatic rings. The Morgan fingerprint density at radius 3 is 1.67 bits per heavy atom. The average Bonchev–Trinajstić information content (AvgIpc) is 3.63. The molecule has 0 saturated carbocycles. The summed E-state index contributed by atoms with van der Waals surface area (Å²) < 4.78 is 0. The van der Waals surface area contributed by atoms with E-state index in [0.717, 1.165) is 0 Å². The lowest BCUT2D eigenvalue weighted by atomic mass is 9.85. The van der Waals surface area contributed by atoms with Crippen molar-refractivity contribution in [1.29, 1.82) is 0 Å². The van der Waals surface area contributed by atoms with Crippen molar-refractivity contribution in [2.45, 2.75) is 0 Å². The molecule has 2 aliphatic rings. The van der Waals surface area contributed by atoms with Gasteiger partial charge < -0.3 is 0 Å². The lowest BCUT2D eigenvalue weighted by Crippen LogP contribution is -1.90. The molecule has 10 aromatic carbocycles. The van der Waals surface area contributed by atoms with Gasteiger partial charge in [-0.15, -0.1) is 0 Å². The van der Waals surface area contributed by atoms with Crippen LogP contribution < -0.4 is 0 Å².